The number of nitrogens with one attached hydrogen (secondary N) is 1. The van der Waals surface area contributed by atoms with Crippen molar-refractivity contribution >= 4 is 15.9 Å². The van der Waals surface area contributed by atoms with E-state index in [4.69, 9.17) is 5.84 Å². The van der Waals surface area contributed by atoms with Gasteiger partial charge in [-0.15, -0.1) is 0 Å². The number of nitrogens with zero attached hydrogens (tertiary/aromatic N) is 1. The molecule has 1 heterocycles. The summed E-state index contributed by atoms with van der Waals surface area (Å²) in [6, 6.07) is 10.6. The van der Waals surface area contributed by atoms with Gasteiger partial charge in [0.15, 0.2) is 0 Å². The van der Waals surface area contributed by atoms with Crippen LogP contribution < -0.4 is 11.3 Å². The largest absolute Gasteiger partial charge is 0.271 e. The van der Waals surface area contributed by atoms with Gasteiger partial charge in [0.05, 0.1) is 6.04 Å². The SMILES string of the molecule is Cc1cccc(CC(NN)c2cncc(Br)c2)c1. The van der Waals surface area contributed by atoms with Crippen molar-refractivity contribution in [2.24, 2.45) is 5.84 Å². The molecule has 0 radical (unpaired) electrons. The fourth-order valence-corrected chi connectivity index (χ4v) is 2.35. The molecule has 0 bridgehead atoms. The fourth-order valence-electron chi connectivity index (χ4n) is 1.97. The minimum absolute atomic E-state index is 0.0665. The van der Waals surface area contributed by atoms with Crippen molar-refractivity contribution in [2.45, 2.75) is 19.4 Å². The van der Waals surface area contributed by atoms with Crippen LogP contribution in [0.1, 0.15) is 22.7 Å². The Morgan fingerprint density at radius 1 is 1.33 bits per heavy atom. The maximum atomic E-state index is 5.65. The zero-order chi connectivity index (χ0) is 13.0. The summed E-state index contributed by atoms with van der Waals surface area (Å²) in [6.45, 7) is 2.09. The van der Waals surface area contributed by atoms with Crippen LogP contribution in [0, 0.1) is 6.92 Å². The van der Waals surface area contributed by atoms with Crippen LogP contribution in [0.5, 0.6) is 0 Å². The smallest absolute Gasteiger partial charge is 0.0515 e. The van der Waals surface area contributed by atoms with Crippen molar-refractivity contribution in [3.63, 3.8) is 0 Å². The molecule has 3 nitrogen and oxygen atoms in total. The van der Waals surface area contributed by atoms with Gasteiger partial charge in [-0.25, -0.2) is 0 Å². The van der Waals surface area contributed by atoms with Gasteiger partial charge in [-0.3, -0.25) is 16.3 Å². The van der Waals surface area contributed by atoms with Crippen molar-refractivity contribution in [2.75, 3.05) is 0 Å². The summed E-state index contributed by atoms with van der Waals surface area (Å²) in [5.74, 6) is 5.65. The number of hydrogen-bond acceptors (Lipinski definition) is 3. The second-order valence-electron chi connectivity index (χ2n) is 4.35. The molecular weight excluding hydrogens is 290 g/mol. The molecule has 0 saturated heterocycles. The van der Waals surface area contributed by atoms with Crippen molar-refractivity contribution in [3.8, 4) is 0 Å². The van der Waals surface area contributed by atoms with E-state index in [0.29, 0.717) is 0 Å². The molecule has 0 aliphatic carbocycles. The summed E-state index contributed by atoms with van der Waals surface area (Å²) in [4.78, 5) is 4.17. The van der Waals surface area contributed by atoms with Crippen LogP contribution in [0.4, 0.5) is 0 Å². The average molecular weight is 306 g/mol. The Kier molecular flexibility index (Phi) is 4.47. The van der Waals surface area contributed by atoms with E-state index in [0.717, 1.165) is 16.5 Å². The third-order valence-electron chi connectivity index (χ3n) is 2.85. The first-order valence-electron chi connectivity index (χ1n) is 5.81. The second-order valence-corrected chi connectivity index (χ2v) is 5.26. The molecule has 2 aromatic rings. The molecule has 0 fully saturated rings. The highest BCUT2D eigenvalue weighted by Gasteiger charge is 2.11. The number of halogens is 1. The van der Waals surface area contributed by atoms with E-state index in [1.165, 1.54) is 11.1 Å². The number of hydrogen-bond donors (Lipinski definition) is 2. The molecule has 1 atom stereocenters. The third-order valence-corrected chi connectivity index (χ3v) is 3.29. The van der Waals surface area contributed by atoms with Crippen LogP contribution in [-0.4, -0.2) is 4.98 Å². The lowest BCUT2D eigenvalue weighted by atomic mass is 10.00. The van der Waals surface area contributed by atoms with Gasteiger partial charge in [-0.1, -0.05) is 29.8 Å². The molecule has 18 heavy (non-hydrogen) atoms. The minimum Gasteiger partial charge on any atom is -0.271 e. The molecule has 2 rings (SSSR count). The normalized spacial score (nSPS) is 12.4. The highest BCUT2D eigenvalue weighted by atomic mass is 79.9. The standard InChI is InChI=1S/C14H16BrN3/c1-10-3-2-4-11(5-10)6-14(18-16)12-7-13(15)9-17-8-12/h2-5,7-9,14,18H,6,16H2,1H3. The van der Waals surface area contributed by atoms with Crippen LogP contribution in [0.2, 0.25) is 0 Å². The zero-order valence-corrected chi connectivity index (χ0v) is 11.8. The van der Waals surface area contributed by atoms with E-state index < -0.39 is 0 Å². The van der Waals surface area contributed by atoms with E-state index in [1.54, 1.807) is 6.20 Å². The van der Waals surface area contributed by atoms with E-state index >= 15 is 0 Å². The molecule has 4 heteroatoms. The summed E-state index contributed by atoms with van der Waals surface area (Å²) >= 11 is 3.43. The van der Waals surface area contributed by atoms with Crippen LogP contribution in [0.25, 0.3) is 0 Å². The average Bonchev–Trinajstić information content (AvgIpc) is 2.36. The lowest BCUT2D eigenvalue weighted by Gasteiger charge is -2.16. The highest BCUT2D eigenvalue weighted by Crippen LogP contribution is 2.20. The van der Waals surface area contributed by atoms with Gasteiger partial charge in [-0.2, -0.15) is 0 Å². The summed E-state index contributed by atoms with van der Waals surface area (Å²) in [5, 5.41) is 0. The number of aryl methyl sites for hydroxylation is 1. The Labute approximate surface area is 116 Å². The number of aromatic nitrogens is 1. The molecule has 1 aromatic carbocycles. The van der Waals surface area contributed by atoms with E-state index in [2.05, 4.69) is 57.5 Å². The van der Waals surface area contributed by atoms with Crippen LogP contribution in [0.15, 0.2) is 47.2 Å². The lowest BCUT2D eigenvalue weighted by molar-refractivity contribution is 0.550. The third kappa shape index (κ3) is 3.38. The summed E-state index contributed by atoms with van der Waals surface area (Å²) < 4.78 is 0.962. The van der Waals surface area contributed by atoms with E-state index in [-0.39, 0.29) is 6.04 Å². The van der Waals surface area contributed by atoms with Gasteiger partial charge in [0.2, 0.25) is 0 Å². The van der Waals surface area contributed by atoms with Gasteiger partial charge in [-0.05, 0) is 46.5 Å². The molecule has 3 N–H and O–H groups in total. The Balaban J connectivity index is 2.19. The first kappa shape index (κ1) is 13.2. The van der Waals surface area contributed by atoms with Gasteiger partial charge < -0.3 is 0 Å². The van der Waals surface area contributed by atoms with Crippen LogP contribution >= 0.6 is 15.9 Å². The molecule has 0 aliphatic heterocycles. The van der Waals surface area contributed by atoms with E-state index in [1.807, 2.05) is 12.3 Å². The Morgan fingerprint density at radius 2 is 2.17 bits per heavy atom. The van der Waals surface area contributed by atoms with Crippen LogP contribution in [-0.2, 0) is 6.42 Å². The summed E-state index contributed by atoms with van der Waals surface area (Å²) in [7, 11) is 0. The van der Waals surface area contributed by atoms with Crippen LogP contribution in [0.3, 0.4) is 0 Å². The number of benzene rings is 1. The van der Waals surface area contributed by atoms with Crippen molar-refractivity contribution in [1.29, 1.82) is 0 Å². The highest BCUT2D eigenvalue weighted by molar-refractivity contribution is 9.10. The van der Waals surface area contributed by atoms with Gasteiger partial charge in [0.1, 0.15) is 0 Å². The number of nitrogens with two attached hydrogens (primary N) is 1. The molecule has 1 unspecified atom stereocenters. The summed E-state index contributed by atoms with van der Waals surface area (Å²) in [6.07, 6.45) is 4.45. The lowest BCUT2D eigenvalue weighted by Crippen LogP contribution is -2.29. The van der Waals surface area contributed by atoms with Crippen molar-refractivity contribution in [1.82, 2.24) is 10.4 Å². The Morgan fingerprint density at radius 3 is 2.83 bits per heavy atom. The topological polar surface area (TPSA) is 50.9 Å². The molecule has 0 aliphatic rings. The summed E-state index contributed by atoms with van der Waals surface area (Å²) in [5.41, 5.74) is 6.45. The number of rotatable bonds is 4. The minimum atomic E-state index is 0.0665. The van der Waals surface area contributed by atoms with Crippen molar-refractivity contribution < 1.29 is 0 Å². The monoisotopic (exact) mass is 305 g/mol. The molecule has 0 spiro atoms. The number of pyridine rings is 1. The van der Waals surface area contributed by atoms with Gasteiger partial charge in [0.25, 0.3) is 0 Å². The zero-order valence-electron chi connectivity index (χ0n) is 10.2. The maximum Gasteiger partial charge on any atom is 0.0515 e. The molecule has 94 valence electrons. The van der Waals surface area contributed by atoms with Crippen molar-refractivity contribution in [3.05, 3.63) is 63.9 Å². The first-order valence-corrected chi connectivity index (χ1v) is 6.60. The molecular formula is C14H16BrN3. The van der Waals surface area contributed by atoms with Gasteiger partial charge in [0, 0.05) is 16.9 Å². The Hall–Kier alpha value is -1.23. The predicted molar refractivity (Wildman–Crippen MR) is 76.9 cm³/mol. The molecule has 1 aromatic heterocycles. The molecule has 0 saturated carbocycles. The fraction of sp³-hybridized carbons (Fsp3) is 0.214. The van der Waals surface area contributed by atoms with E-state index in [9.17, 15) is 0 Å². The second kappa shape index (κ2) is 6.09. The molecule has 0 amide bonds. The predicted octanol–water partition coefficient (Wildman–Crippen LogP) is 2.90. The Bertz CT molecular complexity index is 528. The maximum absolute atomic E-state index is 5.65. The quantitative estimate of drug-likeness (QED) is 0.674. The van der Waals surface area contributed by atoms with Gasteiger partial charge >= 0.3 is 0 Å². The first-order chi connectivity index (χ1) is 8.69. The number of hydrazine groups is 1.